The first-order chi connectivity index (χ1) is 11.3. The summed E-state index contributed by atoms with van der Waals surface area (Å²) in [5.74, 6) is -1.72. The van der Waals surface area contributed by atoms with Gasteiger partial charge >= 0.3 is 0 Å². The number of amides is 1. The van der Waals surface area contributed by atoms with Crippen LogP contribution in [-0.2, 0) is 7.05 Å². The molecule has 3 rings (SSSR count). The highest BCUT2D eigenvalue weighted by Crippen LogP contribution is 2.29. The Bertz CT molecular complexity index is 951. The maximum absolute atomic E-state index is 14.3. The predicted molar refractivity (Wildman–Crippen MR) is 87.4 cm³/mol. The molecule has 1 amide bonds. The third-order valence-electron chi connectivity index (χ3n) is 3.77. The number of halogens is 2. The van der Waals surface area contributed by atoms with E-state index in [0.717, 1.165) is 6.07 Å². The van der Waals surface area contributed by atoms with Gasteiger partial charge < -0.3 is 5.73 Å². The van der Waals surface area contributed by atoms with Gasteiger partial charge in [-0.15, -0.1) is 0 Å². The Balaban J connectivity index is 2.20. The minimum atomic E-state index is -1.02. The van der Waals surface area contributed by atoms with E-state index in [0.29, 0.717) is 16.3 Å². The molecule has 0 atom stereocenters. The summed E-state index contributed by atoms with van der Waals surface area (Å²) in [5.41, 5.74) is 6.41. The first-order valence-corrected chi connectivity index (χ1v) is 7.47. The van der Waals surface area contributed by atoms with Crippen LogP contribution in [0.1, 0.15) is 24.2 Å². The lowest BCUT2D eigenvalue weighted by molar-refractivity contribution is 0.0131. The van der Waals surface area contributed by atoms with Gasteiger partial charge in [-0.3, -0.25) is 9.48 Å². The van der Waals surface area contributed by atoms with Gasteiger partial charge in [-0.05, 0) is 12.0 Å². The van der Waals surface area contributed by atoms with Crippen LogP contribution in [0, 0.1) is 11.7 Å². The summed E-state index contributed by atoms with van der Waals surface area (Å²) >= 11 is 0. The van der Waals surface area contributed by atoms with Crippen molar-refractivity contribution in [3.05, 3.63) is 29.7 Å². The molecule has 0 aliphatic heterocycles. The van der Waals surface area contributed by atoms with Crippen molar-refractivity contribution in [3.63, 3.8) is 0 Å². The van der Waals surface area contributed by atoms with Crippen LogP contribution in [-0.4, -0.2) is 32.3 Å². The van der Waals surface area contributed by atoms with Crippen LogP contribution < -0.4 is 5.73 Å². The molecule has 0 fully saturated rings. The molecule has 3 aromatic rings. The summed E-state index contributed by atoms with van der Waals surface area (Å²) < 4.78 is 29.8. The minimum Gasteiger partial charge on any atom is -0.382 e. The number of aromatic nitrogens is 3. The molecule has 0 radical (unpaired) electrons. The second-order valence-electron chi connectivity index (χ2n) is 6.12. The molecular formula is C16H17F2N5O. The molecular weight excluding hydrogens is 316 g/mol. The number of carbonyl (C=O) groups excluding carboxylic acids is 1. The van der Waals surface area contributed by atoms with E-state index in [-0.39, 0.29) is 34.5 Å². The normalized spacial score (nSPS) is 11.6. The number of nitrogen functional groups attached to an aromatic ring is 1. The highest BCUT2D eigenvalue weighted by Gasteiger charge is 2.22. The van der Waals surface area contributed by atoms with Crippen molar-refractivity contribution in [2.75, 3.05) is 12.3 Å². The summed E-state index contributed by atoms with van der Waals surface area (Å²) in [6.07, 6.45) is 1.56. The van der Waals surface area contributed by atoms with Crippen molar-refractivity contribution in [1.29, 1.82) is 0 Å². The van der Waals surface area contributed by atoms with Crippen LogP contribution in [0.4, 0.5) is 14.7 Å². The van der Waals surface area contributed by atoms with Crippen molar-refractivity contribution in [2.45, 2.75) is 13.8 Å². The molecule has 0 saturated heterocycles. The molecule has 2 heterocycles. The van der Waals surface area contributed by atoms with Crippen LogP contribution in [0.15, 0.2) is 18.3 Å². The Morgan fingerprint density at radius 1 is 1.38 bits per heavy atom. The number of anilines is 1. The molecule has 0 spiro atoms. The van der Waals surface area contributed by atoms with Gasteiger partial charge in [0.1, 0.15) is 17.2 Å². The second-order valence-corrected chi connectivity index (χ2v) is 6.12. The largest absolute Gasteiger partial charge is 0.382 e. The van der Waals surface area contributed by atoms with E-state index in [9.17, 15) is 13.7 Å². The molecule has 8 heteroatoms. The molecule has 2 N–H and O–H groups in total. The monoisotopic (exact) mass is 333 g/mol. The zero-order valence-corrected chi connectivity index (χ0v) is 13.5. The lowest BCUT2D eigenvalue weighted by Crippen LogP contribution is -2.27. The second kappa shape index (κ2) is 5.70. The van der Waals surface area contributed by atoms with Crippen LogP contribution in [0.2, 0.25) is 0 Å². The Labute approximate surface area is 136 Å². The fourth-order valence-electron chi connectivity index (χ4n) is 2.69. The molecule has 0 saturated carbocycles. The topological polar surface area (TPSA) is 77.0 Å². The Kier molecular flexibility index (Phi) is 3.82. The van der Waals surface area contributed by atoms with E-state index < -0.39 is 11.7 Å². The Hall–Kier alpha value is -2.77. The number of hydrogen-bond acceptors (Lipinski definition) is 4. The summed E-state index contributed by atoms with van der Waals surface area (Å²) in [7, 11) is 1.70. The van der Waals surface area contributed by atoms with Gasteiger partial charge in [0.25, 0.3) is 5.91 Å². The predicted octanol–water partition coefficient (Wildman–Crippen LogP) is 2.83. The zero-order valence-electron chi connectivity index (χ0n) is 13.5. The van der Waals surface area contributed by atoms with Crippen molar-refractivity contribution in [3.8, 4) is 0 Å². The number of carbonyl (C=O) groups is 1. The van der Waals surface area contributed by atoms with Gasteiger partial charge in [0.05, 0.1) is 23.8 Å². The molecule has 6 nitrogen and oxygen atoms in total. The number of hydrogen-bond donors (Lipinski definition) is 1. The van der Waals surface area contributed by atoms with E-state index in [1.165, 1.54) is 6.07 Å². The first-order valence-electron chi connectivity index (χ1n) is 7.47. The number of fused-ring (bicyclic) bond motifs is 3. The number of benzene rings is 1. The number of rotatable bonds is 3. The highest BCUT2D eigenvalue weighted by molar-refractivity contribution is 6.10. The average Bonchev–Trinajstić information content (AvgIpc) is 2.88. The molecule has 0 unspecified atom stereocenters. The number of pyridine rings is 1. The summed E-state index contributed by atoms with van der Waals surface area (Å²) in [6.45, 7) is 3.42. The molecule has 126 valence electrons. The van der Waals surface area contributed by atoms with E-state index in [1.807, 2.05) is 0 Å². The molecule has 24 heavy (non-hydrogen) atoms. The number of nitrogens with zero attached hydrogens (tertiary/aromatic N) is 4. The average molecular weight is 333 g/mol. The molecule has 2 aromatic heterocycles. The van der Waals surface area contributed by atoms with Crippen molar-refractivity contribution in [1.82, 2.24) is 19.9 Å². The third kappa shape index (κ3) is 2.53. The summed E-state index contributed by atoms with van der Waals surface area (Å²) in [4.78, 5) is 16.3. The lowest BCUT2D eigenvalue weighted by Gasteiger charge is -2.15. The quantitative estimate of drug-likeness (QED) is 0.748. The van der Waals surface area contributed by atoms with E-state index in [4.69, 9.17) is 5.73 Å². The zero-order chi connectivity index (χ0) is 17.6. The van der Waals surface area contributed by atoms with Gasteiger partial charge in [-0.1, -0.05) is 18.3 Å². The van der Waals surface area contributed by atoms with E-state index in [2.05, 4.69) is 10.1 Å². The van der Waals surface area contributed by atoms with Crippen molar-refractivity contribution < 1.29 is 13.7 Å². The fourth-order valence-corrected chi connectivity index (χ4v) is 2.69. The standard InChI is InChI=1S/C16H17F2N5O/c1-8(2)7-23(18)16(24)10-4-9-11-6-20-22(3)14(11)15(19)21-13(9)5-12(10)17/h4-6,8H,7H2,1-3H3,(H2,19,21). The molecule has 0 aliphatic carbocycles. The summed E-state index contributed by atoms with van der Waals surface area (Å²) in [5, 5.41) is 5.26. The van der Waals surface area contributed by atoms with Crippen LogP contribution in [0.3, 0.4) is 0 Å². The van der Waals surface area contributed by atoms with Gasteiger partial charge in [0.2, 0.25) is 0 Å². The number of aryl methyl sites for hydroxylation is 1. The van der Waals surface area contributed by atoms with E-state index in [1.54, 1.807) is 31.8 Å². The number of nitrogens with two attached hydrogens (primary N) is 1. The van der Waals surface area contributed by atoms with Gasteiger partial charge in [-0.25, -0.2) is 9.37 Å². The SMILES string of the molecule is CC(C)CN(F)C(=O)c1cc2c(cc1F)nc(N)c1c2cnn1C. The van der Waals surface area contributed by atoms with Crippen molar-refractivity contribution in [2.24, 2.45) is 13.0 Å². The van der Waals surface area contributed by atoms with Crippen LogP contribution in [0.5, 0.6) is 0 Å². The lowest BCUT2D eigenvalue weighted by atomic mass is 10.1. The summed E-state index contributed by atoms with van der Waals surface area (Å²) in [6, 6.07) is 2.39. The maximum Gasteiger partial charge on any atom is 0.284 e. The van der Waals surface area contributed by atoms with Crippen molar-refractivity contribution >= 4 is 33.5 Å². The third-order valence-corrected chi connectivity index (χ3v) is 3.77. The van der Waals surface area contributed by atoms with Gasteiger partial charge in [0, 0.05) is 23.9 Å². The van der Waals surface area contributed by atoms with E-state index >= 15 is 0 Å². The molecule has 1 aromatic carbocycles. The van der Waals surface area contributed by atoms with Gasteiger partial charge in [-0.2, -0.15) is 10.2 Å². The first kappa shape index (κ1) is 16.1. The molecule has 0 aliphatic rings. The fraction of sp³-hybridized carbons (Fsp3) is 0.312. The molecule has 0 bridgehead atoms. The smallest absolute Gasteiger partial charge is 0.284 e. The maximum atomic E-state index is 14.3. The Morgan fingerprint density at radius 3 is 2.75 bits per heavy atom. The minimum absolute atomic E-state index is 0.0279. The van der Waals surface area contributed by atoms with Gasteiger partial charge in [0.15, 0.2) is 0 Å². The highest BCUT2D eigenvalue weighted by atomic mass is 19.2. The van der Waals surface area contributed by atoms with Crippen LogP contribution in [0.25, 0.3) is 21.8 Å². The Morgan fingerprint density at radius 2 is 2.08 bits per heavy atom. The van der Waals surface area contributed by atoms with Crippen LogP contribution >= 0.6 is 0 Å².